The maximum absolute atomic E-state index is 12.7. The molecular formula is C18H16BrN3O2S. The number of thioether (sulfide) groups is 1. The average Bonchev–Trinajstić information content (AvgIpc) is 2.90. The smallest absolute Gasteiger partial charge is 0.247 e. The molecule has 128 valence electrons. The largest absolute Gasteiger partial charge is 0.335 e. The minimum atomic E-state index is -0.477. The van der Waals surface area contributed by atoms with Gasteiger partial charge in [0.2, 0.25) is 11.8 Å². The number of rotatable bonds is 3. The van der Waals surface area contributed by atoms with Crippen molar-refractivity contribution in [3.8, 4) is 0 Å². The van der Waals surface area contributed by atoms with E-state index in [1.807, 2.05) is 42.5 Å². The van der Waals surface area contributed by atoms with Gasteiger partial charge in [-0.2, -0.15) is 0 Å². The van der Waals surface area contributed by atoms with Gasteiger partial charge in [0.1, 0.15) is 5.25 Å². The normalized spacial score (nSPS) is 17.9. The van der Waals surface area contributed by atoms with Crippen LogP contribution in [0.15, 0.2) is 64.1 Å². The van der Waals surface area contributed by atoms with Gasteiger partial charge in [0, 0.05) is 23.6 Å². The Morgan fingerprint density at radius 2 is 1.84 bits per heavy atom. The Bertz CT molecular complexity index is 809. The van der Waals surface area contributed by atoms with Gasteiger partial charge in [-0.25, -0.2) is 4.90 Å². The molecule has 3 rings (SSSR count). The molecule has 1 aliphatic heterocycles. The predicted octanol–water partition coefficient (Wildman–Crippen LogP) is 3.91. The number of imide groups is 1. The molecule has 1 fully saturated rings. The lowest BCUT2D eigenvalue weighted by molar-refractivity contribution is -0.121. The summed E-state index contributed by atoms with van der Waals surface area (Å²) in [5.74, 6) is -0.396. The second kappa shape index (κ2) is 7.84. The van der Waals surface area contributed by atoms with Crippen molar-refractivity contribution in [3.63, 3.8) is 0 Å². The van der Waals surface area contributed by atoms with Crippen LogP contribution in [0.2, 0.25) is 0 Å². The lowest BCUT2D eigenvalue weighted by Crippen LogP contribution is -2.31. The zero-order chi connectivity index (χ0) is 17.8. The molecule has 0 bridgehead atoms. The number of hydrogen-bond donors (Lipinski definition) is 1. The number of carbonyl (C=O) groups excluding carboxylic acids is 2. The molecule has 1 N–H and O–H groups in total. The maximum atomic E-state index is 12.7. The summed E-state index contributed by atoms with van der Waals surface area (Å²) in [7, 11) is 1.66. The first-order valence-electron chi connectivity index (χ1n) is 7.66. The first-order valence-corrected chi connectivity index (χ1v) is 9.33. The van der Waals surface area contributed by atoms with Crippen LogP contribution in [0, 0.1) is 0 Å². The zero-order valence-electron chi connectivity index (χ0n) is 13.5. The van der Waals surface area contributed by atoms with Gasteiger partial charge in [0.25, 0.3) is 0 Å². The number of nitrogens with zero attached hydrogens (tertiary/aromatic N) is 2. The fraction of sp³-hybridized carbons (Fsp3) is 0.167. The second-order valence-corrected chi connectivity index (χ2v) is 7.48. The van der Waals surface area contributed by atoms with Gasteiger partial charge >= 0.3 is 0 Å². The van der Waals surface area contributed by atoms with Crippen LogP contribution in [0.4, 0.5) is 11.4 Å². The van der Waals surface area contributed by atoms with Gasteiger partial charge in [-0.1, -0.05) is 45.9 Å². The van der Waals surface area contributed by atoms with Crippen molar-refractivity contribution >= 4 is 56.0 Å². The first kappa shape index (κ1) is 17.7. The summed E-state index contributed by atoms with van der Waals surface area (Å²) in [5.41, 5.74) is 1.48. The minimum Gasteiger partial charge on any atom is -0.335 e. The number of benzene rings is 2. The molecule has 5 nitrogen and oxygen atoms in total. The highest BCUT2D eigenvalue weighted by molar-refractivity contribution is 9.10. The molecule has 0 aromatic heterocycles. The van der Waals surface area contributed by atoms with E-state index in [2.05, 4.69) is 26.2 Å². The van der Waals surface area contributed by atoms with Crippen LogP contribution < -0.4 is 10.2 Å². The summed E-state index contributed by atoms with van der Waals surface area (Å²) in [4.78, 5) is 30.4. The van der Waals surface area contributed by atoms with E-state index >= 15 is 0 Å². The van der Waals surface area contributed by atoms with Crippen molar-refractivity contribution in [2.75, 3.05) is 17.3 Å². The van der Waals surface area contributed by atoms with Crippen molar-refractivity contribution in [3.05, 3.63) is 59.1 Å². The van der Waals surface area contributed by atoms with Crippen molar-refractivity contribution in [1.29, 1.82) is 0 Å². The Hall–Kier alpha value is -2.12. The second-order valence-electron chi connectivity index (χ2n) is 5.37. The van der Waals surface area contributed by atoms with Crippen LogP contribution >= 0.6 is 27.7 Å². The molecule has 1 atom stereocenters. The number of para-hydroxylation sites is 1. The molecule has 0 radical (unpaired) electrons. The van der Waals surface area contributed by atoms with Crippen molar-refractivity contribution in [2.24, 2.45) is 4.99 Å². The third kappa shape index (κ3) is 4.11. The summed E-state index contributed by atoms with van der Waals surface area (Å²) in [6, 6.07) is 16.7. The van der Waals surface area contributed by atoms with Gasteiger partial charge in [-0.15, -0.1) is 0 Å². The molecule has 7 heteroatoms. The molecule has 0 unspecified atom stereocenters. The van der Waals surface area contributed by atoms with E-state index in [0.717, 1.165) is 10.2 Å². The van der Waals surface area contributed by atoms with Crippen LogP contribution in [-0.4, -0.2) is 29.3 Å². The number of anilines is 2. The number of hydrogen-bond acceptors (Lipinski definition) is 4. The van der Waals surface area contributed by atoms with Gasteiger partial charge in [0.05, 0.1) is 5.69 Å². The van der Waals surface area contributed by atoms with Gasteiger partial charge in [0.15, 0.2) is 5.17 Å². The summed E-state index contributed by atoms with van der Waals surface area (Å²) in [5, 5.41) is 3.31. The third-order valence-corrected chi connectivity index (χ3v) is 5.36. The van der Waals surface area contributed by atoms with Gasteiger partial charge in [-0.3, -0.25) is 14.6 Å². The van der Waals surface area contributed by atoms with E-state index in [1.165, 1.54) is 16.7 Å². The lowest BCUT2D eigenvalue weighted by Gasteiger charge is -2.15. The van der Waals surface area contributed by atoms with Crippen LogP contribution in [-0.2, 0) is 9.59 Å². The first-order chi connectivity index (χ1) is 12.1. The topological polar surface area (TPSA) is 61.8 Å². The van der Waals surface area contributed by atoms with E-state index in [1.54, 1.807) is 19.2 Å². The van der Waals surface area contributed by atoms with Crippen LogP contribution in [0.3, 0.4) is 0 Å². The van der Waals surface area contributed by atoms with E-state index < -0.39 is 5.25 Å². The zero-order valence-corrected chi connectivity index (χ0v) is 15.9. The van der Waals surface area contributed by atoms with Crippen molar-refractivity contribution < 1.29 is 9.59 Å². The van der Waals surface area contributed by atoms with E-state index in [-0.39, 0.29) is 18.2 Å². The number of amides is 2. The molecule has 2 aromatic rings. The standard InChI is InChI=1S/C18H16BrN3O2S/c1-20-18(21-13-9-7-12(19)8-10-13)25-15-11-16(23)22(17(15)24)14-5-3-2-4-6-14/h2-10,15H,11H2,1H3,(H,20,21)/t15-/m0/s1. The summed E-state index contributed by atoms with van der Waals surface area (Å²) in [6.07, 6.45) is 0.166. The molecule has 1 saturated heterocycles. The molecule has 1 aliphatic rings. The number of amidine groups is 1. The summed E-state index contributed by atoms with van der Waals surface area (Å²) < 4.78 is 0.982. The minimum absolute atomic E-state index is 0.166. The highest BCUT2D eigenvalue weighted by Gasteiger charge is 2.40. The number of carbonyl (C=O) groups is 2. The average molecular weight is 418 g/mol. The van der Waals surface area contributed by atoms with Crippen LogP contribution in [0.1, 0.15) is 6.42 Å². The van der Waals surface area contributed by atoms with Crippen molar-refractivity contribution in [2.45, 2.75) is 11.7 Å². The molecule has 0 spiro atoms. The van der Waals surface area contributed by atoms with Crippen molar-refractivity contribution in [1.82, 2.24) is 0 Å². The summed E-state index contributed by atoms with van der Waals surface area (Å²) >= 11 is 4.67. The fourth-order valence-corrected chi connectivity index (χ4v) is 3.72. The van der Waals surface area contributed by atoms with E-state index in [4.69, 9.17) is 0 Å². The number of aliphatic imine (C=N–C) groups is 1. The van der Waals surface area contributed by atoms with Gasteiger partial charge in [-0.05, 0) is 36.4 Å². The molecule has 0 saturated carbocycles. The Morgan fingerprint density at radius 3 is 2.48 bits per heavy atom. The molecule has 2 aromatic carbocycles. The van der Waals surface area contributed by atoms with E-state index in [9.17, 15) is 9.59 Å². The maximum Gasteiger partial charge on any atom is 0.247 e. The predicted molar refractivity (Wildman–Crippen MR) is 106 cm³/mol. The fourth-order valence-electron chi connectivity index (χ4n) is 2.47. The molecule has 1 heterocycles. The van der Waals surface area contributed by atoms with Crippen LogP contribution in [0.5, 0.6) is 0 Å². The van der Waals surface area contributed by atoms with Crippen LogP contribution in [0.25, 0.3) is 0 Å². The number of nitrogens with one attached hydrogen (secondary N) is 1. The highest BCUT2D eigenvalue weighted by atomic mass is 79.9. The number of halogens is 1. The highest BCUT2D eigenvalue weighted by Crippen LogP contribution is 2.30. The van der Waals surface area contributed by atoms with E-state index in [0.29, 0.717) is 10.9 Å². The lowest BCUT2D eigenvalue weighted by atomic mass is 10.3. The molecule has 2 amide bonds. The Labute approximate surface area is 158 Å². The van der Waals surface area contributed by atoms with Gasteiger partial charge < -0.3 is 5.32 Å². The summed E-state index contributed by atoms with van der Waals surface area (Å²) in [6.45, 7) is 0. The SMILES string of the molecule is CN=C(Nc1ccc(Br)cc1)S[C@H]1CC(=O)N(c2ccccc2)C1=O. The molecule has 0 aliphatic carbocycles. The Morgan fingerprint density at radius 1 is 1.16 bits per heavy atom. The third-order valence-electron chi connectivity index (χ3n) is 3.67. The molecular weight excluding hydrogens is 402 g/mol. The Kier molecular flexibility index (Phi) is 5.55. The quantitative estimate of drug-likeness (QED) is 0.467. The molecule has 25 heavy (non-hydrogen) atoms. The Balaban J connectivity index is 1.70. The monoisotopic (exact) mass is 417 g/mol.